The van der Waals surface area contributed by atoms with Crippen LogP contribution in [0.2, 0.25) is 0 Å². The average molecular weight is 546 g/mol. The topological polar surface area (TPSA) is 110 Å². The number of carbonyl (C=O) groups is 1. The summed E-state index contributed by atoms with van der Waals surface area (Å²) in [6.07, 6.45) is 2.99. The van der Waals surface area contributed by atoms with E-state index in [1.807, 2.05) is 6.07 Å². The zero-order valence-corrected chi connectivity index (χ0v) is 21.3. The highest BCUT2D eigenvalue weighted by Gasteiger charge is 2.31. The van der Waals surface area contributed by atoms with Gasteiger partial charge in [-0.3, -0.25) is 9.78 Å². The fourth-order valence-electron chi connectivity index (χ4n) is 3.90. The molecule has 0 bridgehead atoms. The second-order valence-electron chi connectivity index (χ2n) is 8.95. The summed E-state index contributed by atoms with van der Waals surface area (Å²) in [4.78, 5) is 30.1. The van der Waals surface area contributed by atoms with Crippen LogP contribution in [0.1, 0.15) is 27.2 Å². The van der Waals surface area contributed by atoms with Crippen molar-refractivity contribution in [2.75, 3.05) is 5.32 Å². The van der Waals surface area contributed by atoms with Gasteiger partial charge in [0.1, 0.15) is 0 Å². The normalized spacial score (nSPS) is 12.0. The van der Waals surface area contributed by atoms with Crippen LogP contribution in [0, 0.1) is 13.8 Å². The Morgan fingerprint density at radius 2 is 1.90 bits per heavy atom. The molecule has 2 aromatic carbocycles. The second-order valence-corrected chi connectivity index (χ2v) is 8.95. The lowest BCUT2D eigenvalue weighted by Crippen LogP contribution is -2.22. The number of nitrogens with one attached hydrogen (secondary N) is 1. The quantitative estimate of drug-likeness (QED) is 0.284. The van der Waals surface area contributed by atoms with E-state index in [1.165, 1.54) is 35.3 Å². The predicted octanol–water partition coefficient (Wildman–Crippen LogP) is 5.49. The van der Waals surface area contributed by atoms with E-state index in [0.717, 1.165) is 22.4 Å². The minimum atomic E-state index is -4.63. The van der Waals surface area contributed by atoms with Gasteiger partial charge in [0, 0.05) is 47.3 Å². The Kier molecular flexibility index (Phi) is 6.91. The number of aromatic nitrogens is 5. The summed E-state index contributed by atoms with van der Waals surface area (Å²) in [5.74, 6) is -0.641. The SMILES string of the molecule is Cc1cn(-c2cc(NC(=O)c3ccc(C)c(N=c4nc(-c5cccnc5)ccn4O)c3)cc(C(F)(F)F)c2)cn1. The van der Waals surface area contributed by atoms with Crippen LogP contribution in [-0.4, -0.2) is 35.4 Å². The van der Waals surface area contributed by atoms with E-state index in [9.17, 15) is 23.2 Å². The molecule has 0 aliphatic carbocycles. The van der Waals surface area contributed by atoms with Crippen LogP contribution in [0.4, 0.5) is 24.5 Å². The van der Waals surface area contributed by atoms with Crippen molar-refractivity contribution in [3.8, 4) is 16.9 Å². The molecular formula is C28H22F3N7O2. The van der Waals surface area contributed by atoms with Gasteiger partial charge in [-0.25, -0.2) is 15.0 Å². The number of imidazole rings is 1. The Morgan fingerprint density at radius 3 is 2.60 bits per heavy atom. The predicted molar refractivity (Wildman–Crippen MR) is 140 cm³/mol. The van der Waals surface area contributed by atoms with Gasteiger partial charge >= 0.3 is 6.18 Å². The number of alkyl halides is 3. The van der Waals surface area contributed by atoms with Crippen LogP contribution >= 0.6 is 0 Å². The van der Waals surface area contributed by atoms with Gasteiger partial charge in [-0.05, 0) is 67.9 Å². The molecule has 0 spiro atoms. The maximum Gasteiger partial charge on any atom is 0.416 e. The number of rotatable bonds is 5. The molecule has 2 N–H and O–H groups in total. The first kappa shape index (κ1) is 26.4. The van der Waals surface area contributed by atoms with E-state index in [1.54, 1.807) is 50.6 Å². The molecule has 0 aliphatic rings. The van der Waals surface area contributed by atoms with Gasteiger partial charge in [0.25, 0.3) is 11.5 Å². The summed E-state index contributed by atoms with van der Waals surface area (Å²) in [6.45, 7) is 3.48. The van der Waals surface area contributed by atoms with E-state index in [0.29, 0.717) is 22.6 Å². The van der Waals surface area contributed by atoms with Crippen LogP contribution in [0.5, 0.6) is 0 Å². The molecular weight excluding hydrogens is 523 g/mol. The van der Waals surface area contributed by atoms with Crippen LogP contribution in [0.25, 0.3) is 16.9 Å². The van der Waals surface area contributed by atoms with E-state index >= 15 is 0 Å². The molecule has 0 aliphatic heterocycles. The smallest absolute Gasteiger partial charge is 0.416 e. The summed E-state index contributed by atoms with van der Waals surface area (Å²) in [5, 5.41) is 12.8. The van der Waals surface area contributed by atoms with Crippen molar-refractivity contribution < 1.29 is 23.2 Å². The molecule has 40 heavy (non-hydrogen) atoms. The van der Waals surface area contributed by atoms with Crippen LogP contribution in [0.15, 0.2) is 90.7 Å². The summed E-state index contributed by atoms with van der Waals surface area (Å²) < 4.78 is 43.1. The molecule has 0 saturated carbocycles. The van der Waals surface area contributed by atoms with Crippen molar-refractivity contribution in [3.05, 3.63) is 114 Å². The third kappa shape index (κ3) is 5.75. The number of amides is 1. The number of anilines is 1. The van der Waals surface area contributed by atoms with Crippen LogP contribution in [-0.2, 0) is 6.18 Å². The number of pyridine rings is 1. The summed E-state index contributed by atoms with van der Waals surface area (Å²) in [5.41, 5.74) is 2.23. The number of hydrogen-bond acceptors (Lipinski definition) is 6. The lowest BCUT2D eigenvalue weighted by atomic mass is 10.1. The zero-order chi connectivity index (χ0) is 28.4. The maximum atomic E-state index is 13.6. The lowest BCUT2D eigenvalue weighted by molar-refractivity contribution is -0.137. The molecule has 1 amide bonds. The summed E-state index contributed by atoms with van der Waals surface area (Å²) >= 11 is 0. The maximum absolute atomic E-state index is 13.6. The van der Waals surface area contributed by atoms with Crippen molar-refractivity contribution in [2.24, 2.45) is 4.99 Å². The monoisotopic (exact) mass is 545 g/mol. The highest BCUT2D eigenvalue weighted by Crippen LogP contribution is 2.33. The van der Waals surface area contributed by atoms with Gasteiger partial charge in [0.15, 0.2) is 0 Å². The van der Waals surface area contributed by atoms with Gasteiger partial charge in [-0.1, -0.05) is 6.07 Å². The highest BCUT2D eigenvalue weighted by molar-refractivity contribution is 6.05. The Balaban J connectivity index is 1.48. The molecule has 3 heterocycles. The fraction of sp³-hybridized carbons (Fsp3) is 0.107. The van der Waals surface area contributed by atoms with Crippen LogP contribution in [0.3, 0.4) is 0 Å². The zero-order valence-electron chi connectivity index (χ0n) is 21.3. The number of aryl methyl sites for hydroxylation is 2. The number of hydrogen-bond donors (Lipinski definition) is 2. The van der Waals surface area contributed by atoms with Gasteiger partial charge in [-0.15, -0.1) is 0 Å². The van der Waals surface area contributed by atoms with Gasteiger partial charge in [0.05, 0.1) is 29.0 Å². The minimum absolute atomic E-state index is 0.0415. The summed E-state index contributed by atoms with van der Waals surface area (Å²) in [7, 11) is 0. The first-order valence-electron chi connectivity index (χ1n) is 12.0. The average Bonchev–Trinajstić information content (AvgIpc) is 3.37. The molecule has 0 radical (unpaired) electrons. The molecule has 0 unspecified atom stereocenters. The van der Waals surface area contributed by atoms with Crippen molar-refractivity contribution in [1.82, 2.24) is 24.2 Å². The van der Waals surface area contributed by atoms with E-state index in [4.69, 9.17) is 0 Å². The Labute approximate surface area is 225 Å². The molecule has 0 fully saturated rings. The molecule has 9 nitrogen and oxygen atoms in total. The molecule has 12 heteroatoms. The van der Waals surface area contributed by atoms with Crippen molar-refractivity contribution >= 4 is 17.3 Å². The van der Waals surface area contributed by atoms with Crippen molar-refractivity contribution in [3.63, 3.8) is 0 Å². The first-order chi connectivity index (χ1) is 19.1. The molecule has 0 atom stereocenters. The van der Waals surface area contributed by atoms with E-state index in [2.05, 4.69) is 25.3 Å². The molecule has 5 aromatic rings. The Morgan fingerprint density at radius 1 is 1.07 bits per heavy atom. The lowest BCUT2D eigenvalue weighted by Gasteiger charge is -2.14. The molecule has 202 valence electrons. The third-order valence-corrected chi connectivity index (χ3v) is 5.96. The van der Waals surface area contributed by atoms with Crippen LogP contribution < -0.4 is 10.9 Å². The Bertz CT molecular complexity index is 1780. The van der Waals surface area contributed by atoms with Gasteiger partial charge < -0.3 is 15.1 Å². The summed E-state index contributed by atoms with van der Waals surface area (Å²) in [6, 6.07) is 13.1. The molecule has 5 rings (SSSR count). The van der Waals surface area contributed by atoms with E-state index in [-0.39, 0.29) is 22.6 Å². The largest absolute Gasteiger partial charge is 0.425 e. The Hall–Kier alpha value is -5.26. The fourth-order valence-corrected chi connectivity index (χ4v) is 3.90. The standard InChI is InChI=1S/C28H22F3N7O2/c1-17-5-6-19(10-25(17)36-27-35-24(7-9-38(27)40)20-4-3-8-32-14-20)26(39)34-22-11-21(28(29,30)31)12-23(13-22)37-15-18(2)33-16-37/h3-16,40H,1-2H3,(H,34,39). The number of nitrogens with zero attached hydrogens (tertiary/aromatic N) is 6. The van der Waals surface area contributed by atoms with Gasteiger partial charge in [0.2, 0.25) is 0 Å². The molecule has 0 saturated heterocycles. The van der Waals surface area contributed by atoms with Crippen molar-refractivity contribution in [2.45, 2.75) is 20.0 Å². The number of benzene rings is 2. The molecule has 3 aromatic heterocycles. The number of carbonyl (C=O) groups excluding carboxylic acids is 1. The third-order valence-electron chi connectivity index (χ3n) is 5.96. The minimum Gasteiger partial charge on any atom is -0.425 e. The number of halogens is 3. The highest BCUT2D eigenvalue weighted by atomic mass is 19.4. The first-order valence-corrected chi connectivity index (χ1v) is 12.0. The van der Waals surface area contributed by atoms with Gasteiger partial charge in [-0.2, -0.15) is 17.9 Å². The second kappa shape index (κ2) is 10.5. The van der Waals surface area contributed by atoms with E-state index < -0.39 is 17.6 Å². The van der Waals surface area contributed by atoms with Crippen molar-refractivity contribution in [1.29, 1.82) is 0 Å².